The van der Waals surface area contributed by atoms with Gasteiger partial charge in [0.2, 0.25) is 0 Å². The van der Waals surface area contributed by atoms with E-state index in [1.807, 2.05) is 35.8 Å². The summed E-state index contributed by atoms with van der Waals surface area (Å²) in [6.07, 6.45) is 1.95. The number of carbonyl (C=O) groups excluding carboxylic acids is 1. The van der Waals surface area contributed by atoms with Gasteiger partial charge in [-0.2, -0.15) is 11.8 Å². The van der Waals surface area contributed by atoms with Crippen LogP contribution in [0.2, 0.25) is 0 Å². The zero-order chi connectivity index (χ0) is 14.5. The molecule has 110 valence electrons. The van der Waals surface area contributed by atoms with E-state index in [9.17, 15) is 4.79 Å². The third-order valence-electron chi connectivity index (χ3n) is 3.63. The molecule has 1 fully saturated rings. The zero-order valence-corrected chi connectivity index (χ0v) is 13.3. The lowest BCUT2D eigenvalue weighted by atomic mass is 10.1. The van der Waals surface area contributed by atoms with Crippen LogP contribution in [0.4, 0.5) is 5.82 Å². The Hall–Kier alpha value is -1.23. The van der Waals surface area contributed by atoms with Gasteiger partial charge >= 0.3 is 0 Å². The van der Waals surface area contributed by atoms with E-state index in [2.05, 4.69) is 24.1 Å². The summed E-state index contributed by atoms with van der Waals surface area (Å²) in [5, 5.41) is 3.61. The molecule has 5 heteroatoms. The Labute approximate surface area is 125 Å². The number of aromatic nitrogens is 1. The standard InChI is InChI=1S/C15H23N3OS/c1-4-12-8-11(9-14(16-3)17-12)15(19)18-6-7-20-13(5-2)10-18/h8-9,13H,4-7,10H2,1-3H3,(H,16,17). The third-order valence-corrected chi connectivity index (χ3v) is 5.00. The third kappa shape index (κ3) is 3.45. The van der Waals surface area contributed by atoms with Crippen LogP contribution in [0.25, 0.3) is 0 Å². The van der Waals surface area contributed by atoms with Gasteiger partial charge in [0.1, 0.15) is 5.82 Å². The van der Waals surface area contributed by atoms with Crippen LogP contribution in [0.3, 0.4) is 0 Å². The van der Waals surface area contributed by atoms with Gasteiger partial charge in [-0.1, -0.05) is 13.8 Å². The van der Waals surface area contributed by atoms with Gasteiger partial charge in [-0.3, -0.25) is 4.79 Å². The lowest BCUT2D eigenvalue weighted by Gasteiger charge is -2.32. The maximum atomic E-state index is 12.7. The summed E-state index contributed by atoms with van der Waals surface area (Å²) in [6, 6.07) is 3.77. The number of nitrogens with zero attached hydrogens (tertiary/aromatic N) is 2. The fraction of sp³-hybridized carbons (Fsp3) is 0.600. The Bertz CT molecular complexity index is 456. The predicted molar refractivity (Wildman–Crippen MR) is 85.6 cm³/mol. The van der Waals surface area contributed by atoms with Gasteiger partial charge in [0.05, 0.1) is 0 Å². The molecule has 1 unspecified atom stereocenters. The fourth-order valence-corrected chi connectivity index (χ4v) is 3.53. The summed E-state index contributed by atoms with van der Waals surface area (Å²) in [5.41, 5.74) is 1.71. The van der Waals surface area contributed by atoms with Crippen molar-refractivity contribution in [1.82, 2.24) is 9.88 Å². The molecule has 0 aromatic carbocycles. The van der Waals surface area contributed by atoms with Gasteiger partial charge < -0.3 is 10.2 Å². The van der Waals surface area contributed by atoms with Crippen LogP contribution in [-0.4, -0.2) is 46.9 Å². The van der Waals surface area contributed by atoms with Gasteiger partial charge in [-0.15, -0.1) is 0 Å². The van der Waals surface area contributed by atoms with Crippen molar-refractivity contribution < 1.29 is 4.79 Å². The number of anilines is 1. The molecule has 4 nitrogen and oxygen atoms in total. The Balaban J connectivity index is 2.19. The summed E-state index contributed by atoms with van der Waals surface area (Å²) in [4.78, 5) is 19.1. The largest absolute Gasteiger partial charge is 0.373 e. The highest BCUT2D eigenvalue weighted by molar-refractivity contribution is 8.00. The van der Waals surface area contributed by atoms with Crippen LogP contribution in [0.5, 0.6) is 0 Å². The summed E-state index contributed by atoms with van der Waals surface area (Å²) in [6.45, 7) is 5.95. The molecule has 2 rings (SSSR count). The minimum atomic E-state index is 0.136. The molecule has 0 saturated carbocycles. The molecule has 1 saturated heterocycles. The minimum absolute atomic E-state index is 0.136. The molecule has 0 spiro atoms. The zero-order valence-electron chi connectivity index (χ0n) is 12.5. The Morgan fingerprint density at radius 2 is 2.30 bits per heavy atom. The first-order chi connectivity index (χ1) is 9.67. The van der Waals surface area contributed by atoms with Gasteiger partial charge in [0, 0.05) is 42.4 Å². The molecule has 20 heavy (non-hydrogen) atoms. The number of rotatable bonds is 4. The van der Waals surface area contributed by atoms with Gasteiger partial charge in [0.15, 0.2) is 0 Å². The Morgan fingerprint density at radius 3 is 2.95 bits per heavy atom. The molecule has 1 aliphatic rings. The molecule has 1 aliphatic heterocycles. The molecule has 1 atom stereocenters. The van der Waals surface area contributed by atoms with Gasteiger partial charge in [0.25, 0.3) is 5.91 Å². The van der Waals surface area contributed by atoms with Crippen LogP contribution >= 0.6 is 11.8 Å². The van der Waals surface area contributed by atoms with Gasteiger partial charge in [-0.25, -0.2) is 4.98 Å². The Kier molecular flexibility index (Phi) is 5.29. The molecular weight excluding hydrogens is 270 g/mol. The number of aryl methyl sites for hydroxylation is 1. The van der Waals surface area contributed by atoms with E-state index in [0.717, 1.165) is 48.8 Å². The average molecular weight is 293 g/mol. The van der Waals surface area contributed by atoms with Crippen molar-refractivity contribution in [2.24, 2.45) is 0 Å². The molecule has 1 aromatic rings. The van der Waals surface area contributed by atoms with E-state index in [1.54, 1.807) is 0 Å². The summed E-state index contributed by atoms with van der Waals surface area (Å²) in [7, 11) is 1.83. The van der Waals surface area contributed by atoms with E-state index < -0.39 is 0 Å². The molecule has 1 aromatic heterocycles. The number of hydrogen-bond acceptors (Lipinski definition) is 4. The highest BCUT2D eigenvalue weighted by Crippen LogP contribution is 2.23. The molecule has 0 radical (unpaired) electrons. The van der Waals surface area contributed by atoms with E-state index in [1.165, 1.54) is 0 Å². The summed E-state index contributed by atoms with van der Waals surface area (Å²) >= 11 is 1.98. The predicted octanol–water partition coefficient (Wildman–Crippen LogP) is 2.65. The lowest BCUT2D eigenvalue weighted by Crippen LogP contribution is -2.41. The molecule has 1 amide bonds. The molecule has 0 aliphatic carbocycles. The van der Waals surface area contributed by atoms with Crippen molar-refractivity contribution in [3.8, 4) is 0 Å². The van der Waals surface area contributed by atoms with E-state index in [0.29, 0.717) is 5.25 Å². The summed E-state index contributed by atoms with van der Waals surface area (Å²) in [5.74, 6) is 1.94. The second kappa shape index (κ2) is 6.97. The van der Waals surface area contributed by atoms with Crippen molar-refractivity contribution in [3.05, 3.63) is 23.4 Å². The second-order valence-corrected chi connectivity index (χ2v) is 6.40. The number of nitrogens with one attached hydrogen (secondary N) is 1. The summed E-state index contributed by atoms with van der Waals surface area (Å²) < 4.78 is 0. The first-order valence-corrected chi connectivity index (χ1v) is 8.32. The first kappa shape index (κ1) is 15.2. The van der Waals surface area contributed by atoms with Crippen LogP contribution in [0, 0.1) is 0 Å². The highest BCUT2D eigenvalue weighted by atomic mass is 32.2. The number of amides is 1. The normalized spacial score (nSPS) is 18.9. The monoisotopic (exact) mass is 293 g/mol. The topological polar surface area (TPSA) is 45.2 Å². The molecule has 2 heterocycles. The van der Waals surface area contributed by atoms with Crippen LogP contribution in [0.1, 0.15) is 36.3 Å². The van der Waals surface area contributed by atoms with Crippen LogP contribution < -0.4 is 5.32 Å². The first-order valence-electron chi connectivity index (χ1n) is 7.27. The van der Waals surface area contributed by atoms with Gasteiger partial charge in [-0.05, 0) is 25.0 Å². The fourth-order valence-electron chi connectivity index (χ4n) is 2.35. The van der Waals surface area contributed by atoms with E-state index in [4.69, 9.17) is 0 Å². The van der Waals surface area contributed by atoms with Crippen molar-refractivity contribution in [2.45, 2.75) is 31.9 Å². The number of carbonyl (C=O) groups is 1. The molecule has 1 N–H and O–H groups in total. The SMILES string of the molecule is CCc1cc(C(=O)N2CCSC(CC)C2)cc(NC)n1. The maximum Gasteiger partial charge on any atom is 0.254 e. The van der Waals surface area contributed by atoms with Crippen LogP contribution in [-0.2, 0) is 6.42 Å². The van der Waals surface area contributed by atoms with E-state index >= 15 is 0 Å². The quantitative estimate of drug-likeness (QED) is 0.927. The molecule has 0 bridgehead atoms. The number of thioether (sulfide) groups is 1. The van der Waals surface area contributed by atoms with Crippen molar-refractivity contribution in [3.63, 3.8) is 0 Å². The van der Waals surface area contributed by atoms with Crippen molar-refractivity contribution in [1.29, 1.82) is 0 Å². The van der Waals surface area contributed by atoms with Crippen molar-refractivity contribution >= 4 is 23.5 Å². The number of hydrogen-bond donors (Lipinski definition) is 1. The molecular formula is C15H23N3OS. The number of pyridine rings is 1. The maximum absolute atomic E-state index is 12.7. The second-order valence-electron chi connectivity index (χ2n) is 4.99. The van der Waals surface area contributed by atoms with Crippen molar-refractivity contribution in [2.75, 3.05) is 31.2 Å². The Morgan fingerprint density at radius 1 is 1.50 bits per heavy atom. The smallest absolute Gasteiger partial charge is 0.254 e. The minimum Gasteiger partial charge on any atom is -0.373 e. The van der Waals surface area contributed by atoms with E-state index in [-0.39, 0.29) is 5.91 Å². The average Bonchev–Trinajstić information content (AvgIpc) is 2.53. The highest BCUT2D eigenvalue weighted by Gasteiger charge is 2.24. The van der Waals surface area contributed by atoms with Crippen LogP contribution in [0.15, 0.2) is 12.1 Å². The lowest BCUT2D eigenvalue weighted by molar-refractivity contribution is 0.0760.